The molecule has 1 fully saturated rings. The van der Waals surface area contributed by atoms with Crippen LogP contribution in [-0.4, -0.2) is 35.1 Å². The predicted octanol–water partition coefficient (Wildman–Crippen LogP) is 2.56. The fourth-order valence-electron chi connectivity index (χ4n) is 3.16. The lowest BCUT2D eigenvalue weighted by Gasteiger charge is -2.36. The Labute approximate surface area is 118 Å². The number of halogens is 1. The molecular weight excluding hydrogens is 253 g/mol. The van der Waals surface area contributed by atoms with Crippen molar-refractivity contribution in [2.75, 3.05) is 13.1 Å². The third kappa shape index (κ3) is 2.81. The van der Waals surface area contributed by atoms with Crippen LogP contribution in [0.5, 0.6) is 0 Å². The second kappa shape index (κ2) is 5.46. The van der Waals surface area contributed by atoms with Crippen LogP contribution in [0.25, 0.3) is 10.9 Å². The Hall–Kier alpha value is -1.52. The fourth-order valence-corrected chi connectivity index (χ4v) is 3.16. The number of hydrogen-bond acceptors (Lipinski definition) is 3. The first-order chi connectivity index (χ1) is 9.61. The molecule has 2 atom stereocenters. The third-order valence-corrected chi connectivity index (χ3v) is 3.78. The fraction of sp³-hybridized carbons (Fsp3) is 0.438. The molecule has 1 aromatic heterocycles. The van der Waals surface area contributed by atoms with Gasteiger partial charge in [0.05, 0.1) is 5.52 Å². The van der Waals surface area contributed by atoms with Crippen LogP contribution in [0.15, 0.2) is 30.5 Å². The Morgan fingerprint density at radius 1 is 1.30 bits per heavy atom. The van der Waals surface area contributed by atoms with Gasteiger partial charge < -0.3 is 5.32 Å². The van der Waals surface area contributed by atoms with Gasteiger partial charge in [-0.1, -0.05) is 6.07 Å². The van der Waals surface area contributed by atoms with Crippen LogP contribution >= 0.6 is 0 Å². The second-order valence-corrected chi connectivity index (χ2v) is 5.80. The van der Waals surface area contributed by atoms with Crippen LogP contribution in [0.4, 0.5) is 4.39 Å². The van der Waals surface area contributed by atoms with Crippen molar-refractivity contribution in [2.45, 2.75) is 32.5 Å². The highest BCUT2D eigenvalue weighted by atomic mass is 19.1. The average Bonchev–Trinajstić information content (AvgIpc) is 2.37. The van der Waals surface area contributed by atoms with Gasteiger partial charge in [0.2, 0.25) is 0 Å². The van der Waals surface area contributed by atoms with Crippen molar-refractivity contribution in [2.24, 2.45) is 0 Å². The standard InChI is InChI=1S/C16H20FN3/c1-11-8-20(9-12(2)19-11)10-14-7-15(17)6-13-4-3-5-18-16(13)14/h3-7,11-12,19H,8-10H2,1-2H3. The molecule has 0 saturated carbocycles. The number of hydrogen-bond donors (Lipinski definition) is 1. The summed E-state index contributed by atoms with van der Waals surface area (Å²) in [5.41, 5.74) is 1.88. The van der Waals surface area contributed by atoms with Gasteiger partial charge in [0.25, 0.3) is 0 Å². The molecule has 4 heteroatoms. The van der Waals surface area contributed by atoms with Gasteiger partial charge in [-0.25, -0.2) is 4.39 Å². The van der Waals surface area contributed by atoms with Crippen molar-refractivity contribution in [3.8, 4) is 0 Å². The Bertz CT molecular complexity index is 604. The van der Waals surface area contributed by atoms with E-state index in [1.165, 1.54) is 0 Å². The van der Waals surface area contributed by atoms with Crippen molar-refractivity contribution in [3.63, 3.8) is 0 Å². The smallest absolute Gasteiger partial charge is 0.124 e. The number of benzene rings is 1. The number of pyridine rings is 1. The molecule has 0 aliphatic carbocycles. The van der Waals surface area contributed by atoms with Gasteiger partial charge in [-0.2, -0.15) is 0 Å². The van der Waals surface area contributed by atoms with Crippen LogP contribution in [0.1, 0.15) is 19.4 Å². The Morgan fingerprint density at radius 3 is 2.80 bits per heavy atom. The summed E-state index contributed by atoms with van der Waals surface area (Å²) in [6.07, 6.45) is 1.77. The lowest BCUT2D eigenvalue weighted by molar-refractivity contribution is 0.167. The minimum absolute atomic E-state index is 0.184. The van der Waals surface area contributed by atoms with E-state index in [0.29, 0.717) is 12.1 Å². The lowest BCUT2D eigenvalue weighted by atomic mass is 10.1. The highest BCUT2D eigenvalue weighted by Crippen LogP contribution is 2.20. The summed E-state index contributed by atoms with van der Waals surface area (Å²) < 4.78 is 13.7. The molecule has 3 nitrogen and oxygen atoms in total. The highest BCUT2D eigenvalue weighted by molar-refractivity contribution is 5.81. The first-order valence-electron chi connectivity index (χ1n) is 7.13. The highest BCUT2D eigenvalue weighted by Gasteiger charge is 2.21. The van der Waals surface area contributed by atoms with E-state index in [9.17, 15) is 4.39 Å². The third-order valence-electron chi connectivity index (χ3n) is 3.78. The van der Waals surface area contributed by atoms with E-state index < -0.39 is 0 Å². The van der Waals surface area contributed by atoms with Crippen molar-refractivity contribution in [1.82, 2.24) is 15.2 Å². The second-order valence-electron chi connectivity index (χ2n) is 5.80. The zero-order valence-electron chi connectivity index (χ0n) is 11.9. The summed E-state index contributed by atoms with van der Waals surface area (Å²) in [7, 11) is 0. The summed E-state index contributed by atoms with van der Waals surface area (Å²) in [5.74, 6) is -0.184. The number of piperazine rings is 1. The minimum Gasteiger partial charge on any atom is -0.309 e. The van der Waals surface area contributed by atoms with E-state index in [1.54, 1.807) is 18.3 Å². The molecule has 0 bridgehead atoms. The molecular formula is C16H20FN3. The summed E-state index contributed by atoms with van der Waals surface area (Å²) in [5, 5.41) is 4.39. The molecule has 0 radical (unpaired) electrons. The molecule has 1 aliphatic heterocycles. The zero-order valence-corrected chi connectivity index (χ0v) is 11.9. The van der Waals surface area contributed by atoms with Crippen molar-refractivity contribution in [3.05, 3.63) is 41.8 Å². The van der Waals surface area contributed by atoms with Gasteiger partial charge in [-0.15, -0.1) is 0 Å². The van der Waals surface area contributed by atoms with Gasteiger partial charge >= 0.3 is 0 Å². The van der Waals surface area contributed by atoms with E-state index in [1.807, 2.05) is 12.1 Å². The van der Waals surface area contributed by atoms with Crippen molar-refractivity contribution >= 4 is 10.9 Å². The molecule has 0 spiro atoms. The maximum absolute atomic E-state index is 13.7. The van der Waals surface area contributed by atoms with Gasteiger partial charge in [-0.3, -0.25) is 9.88 Å². The predicted molar refractivity (Wildman–Crippen MR) is 79.0 cm³/mol. The molecule has 106 valence electrons. The quantitative estimate of drug-likeness (QED) is 0.911. The molecule has 1 saturated heterocycles. The molecule has 20 heavy (non-hydrogen) atoms. The first kappa shape index (κ1) is 13.5. The number of nitrogens with one attached hydrogen (secondary N) is 1. The monoisotopic (exact) mass is 273 g/mol. The number of fused-ring (bicyclic) bond motifs is 1. The van der Waals surface area contributed by atoms with E-state index in [0.717, 1.165) is 36.1 Å². The molecule has 0 amide bonds. The molecule has 1 aromatic carbocycles. The van der Waals surface area contributed by atoms with Crippen molar-refractivity contribution < 1.29 is 4.39 Å². The topological polar surface area (TPSA) is 28.2 Å². The summed E-state index contributed by atoms with van der Waals surface area (Å²) in [4.78, 5) is 6.79. The molecule has 1 N–H and O–H groups in total. The van der Waals surface area contributed by atoms with Crippen LogP contribution < -0.4 is 5.32 Å². The normalized spacial score (nSPS) is 24.1. The summed E-state index contributed by atoms with van der Waals surface area (Å²) in [6, 6.07) is 7.86. The van der Waals surface area contributed by atoms with Crippen LogP contribution in [0, 0.1) is 5.82 Å². The molecule has 3 rings (SSSR count). The van der Waals surface area contributed by atoms with E-state index in [4.69, 9.17) is 0 Å². The molecule has 2 heterocycles. The van der Waals surface area contributed by atoms with Crippen LogP contribution in [0.2, 0.25) is 0 Å². The zero-order chi connectivity index (χ0) is 14.1. The maximum atomic E-state index is 13.7. The van der Waals surface area contributed by atoms with Crippen LogP contribution in [0.3, 0.4) is 0 Å². The Balaban J connectivity index is 1.90. The SMILES string of the molecule is CC1CN(Cc2cc(F)cc3cccnc23)CC(C)N1. The average molecular weight is 273 g/mol. The summed E-state index contributed by atoms with van der Waals surface area (Å²) >= 11 is 0. The van der Waals surface area contributed by atoms with E-state index in [2.05, 4.69) is 29.0 Å². The maximum Gasteiger partial charge on any atom is 0.124 e. The molecule has 1 aliphatic rings. The molecule has 2 aromatic rings. The first-order valence-corrected chi connectivity index (χ1v) is 7.13. The number of rotatable bonds is 2. The van der Waals surface area contributed by atoms with E-state index >= 15 is 0 Å². The number of nitrogens with zero attached hydrogens (tertiary/aromatic N) is 2. The molecule has 2 unspecified atom stereocenters. The summed E-state index contributed by atoms with van der Waals surface area (Å²) in [6.45, 7) is 7.08. The minimum atomic E-state index is -0.184. The van der Waals surface area contributed by atoms with Gasteiger partial charge in [0.15, 0.2) is 0 Å². The van der Waals surface area contributed by atoms with E-state index in [-0.39, 0.29) is 5.82 Å². The van der Waals surface area contributed by atoms with Gasteiger partial charge in [-0.05, 0) is 37.6 Å². The lowest BCUT2D eigenvalue weighted by Crippen LogP contribution is -2.53. The van der Waals surface area contributed by atoms with Crippen LogP contribution in [-0.2, 0) is 6.54 Å². The van der Waals surface area contributed by atoms with Crippen molar-refractivity contribution in [1.29, 1.82) is 0 Å². The van der Waals surface area contributed by atoms with Gasteiger partial charge in [0, 0.05) is 43.3 Å². The largest absolute Gasteiger partial charge is 0.309 e. The Morgan fingerprint density at radius 2 is 2.05 bits per heavy atom. The Kier molecular flexibility index (Phi) is 3.68. The number of aromatic nitrogens is 1. The van der Waals surface area contributed by atoms with Gasteiger partial charge in [0.1, 0.15) is 5.82 Å².